The van der Waals surface area contributed by atoms with Crippen molar-refractivity contribution in [2.45, 2.75) is 46.0 Å². The number of hydrogen-bond acceptors (Lipinski definition) is 2. The first kappa shape index (κ1) is 12.3. The monoisotopic (exact) mass is 186 g/mol. The quantitative estimate of drug-likeness (QED) is 0.621. The Hall–Kier alpha value is -0.730. The SMILES string of the molecule is CCCCC[CH]OC(=O)NCCC. The van der Waals surface area contributed by atoms with Gasteiger partial charge in [0.05, 0.1) is 0 Å². The number of carbonyl (C=O) groups is 1. The molecule has 0 heterocycles. The second-order valence-electron chi connectivity index (χ2n) is 2.99. The lowest BCUT2D eigenvalue weighted by molar-refractivity contribution is 0.168. The van der Waals surface area contributed by atoms with Gasteiger partial charge >= 0.3 is 6.09 Å². The lowest BCUT2D eigenvalue weighted by Crippen LogP contribution is -2.24. The largest absolute Gasteiger partial charge is 0.442 e. The molecular formula is C10H20NO2. The van der Waals surface area contributed by atoms with Crippen LogP contribution in [0.15, 0.2) is 0 Å². The number of ether oxygens (including phenoxy) is 1. The van der Waals surface area contributed by atoms with E-state index < -0.39 is 0 Å². The maximum absolute atomic E-state index is 10.9. The molecule has 3 heteroatoms. The van der Waals surface area contributed by atoms with E-state index in [0.29, 0.717) is 6.54 Å². The van der Waals surface area contributed by atoms with Crippen molar-refractivity contribution in [1.29, 1.82) is 0 Å². The van der Waals surface area contributed by atoms with Crippen molar-refractivity contribution in [2.75, 3.05) is 6.54 Å². The molecule has 77 valence electrons. The van der Waals surface area contributed by atoms with Crippen LogP contribution >= 0.6 is 0 Å². The molecule has 0 aromatic heterocycles. The summed E-state index contributed by atoms with van der Waals surface area (Å²) >= 11 is 0. The molecule has 0 fully saturated rings. The fraction of sp³-hybridized carbons (Fsp3) is 0.800. The number of nitrogens with one attached hydrogen (secondary N) is 1. The average molecular weight is 186 g/mol. The molecule has 3 nitrogen and oxygen atoms in total. The van der Waals surface area contributed by atoms with E-state index in [0.717, 1.165) is 19.3 Å². The Kier molecular flexibility index (Phi) is 8.83. The van der Waals surface area contributed by atoms with Gasteiger partial charge in [0.15, 0.2) is 0 Å². The average Bonchev–Trinajstić information content (AvgIpc) is 2.14. The van der Waals surface area contributed by atoms with Gasteiger partial charge in [-0.2, -0.15) is 0 Å². The molecular weight excluding hydrogens is 166 g/mol. The van der Waals surface area contributed by atoms with Crippen molar-refractivity contribution < 1.29 is 9.53 Å². The van der Waals surface area contributed by atoms with Crippen LogP contribution in [0.5, 0.6) is 0 Å². The summed E-state index contributed by atoms with van der Waals surface area (Å²) in [5.41, 5.74) is 0. The minimum absolute atomic E-state index is 0.335. The Morgan fingerprint density at radius 3 is 2.69 bits per heavy atom. The van der Waals surface area contributed by atoms with Gasteiger partial charge in [0.25, 0.3) is 0 Å². The van der Waals surface area contributed by atoms with Gasteiger partial charge < -0.3 is 10.1 Å². The van der Waals surface area contributed by atoms with E-state index in [1.54, 1.807) is 6.61 Å². The molecule has 0 saturated carbocycles. The van der Waals surface area contributed by atoms with Crippen LogP contribution in [0.4, 0.5) is 4.79 Å². The smallest absolute Gasteiger partial charge is 0.407 e. The normalized spacial score (nSPS) is 9.69. The minimum Gasteiger partial charge on any atom is -0.442 e. The van der Waals surface area contributed by atoms with Gasteiger partial charge in [-0.05, 0) is 19.3 Å². The molecule has 0 aliphatic carbocycles. The molecule has 0 aliphatic rings. The van der Waals surface area contributed by atoms with E-state index in [1.807, 2.05) is 6.92 Å². The summed E-state index contributed by atoms with van der Waals surface area (Å²) in [6.07, 6.45) is 4.93. The third-order valence-electron chi connectivity index (χ3n) is 1.64. The number of hydrogen-bond donors (Lipinski definition) is 1. The maximum Gasteiger partial charge on any atom is 0.407 e. The van der Waals surface area contributed by atoms with Crippen LogP contribution in [0.2, 0.25) is 0 Å². The summed E-state index contributed by atoms with van der Waals surface area (Å²) in [6, 6.07) is 0. The van der Waals surface area contributed by atoms with E-state index in [4.69, 9.17) is 4.74 Å². The van der Waals surface area contributed by atoms with Gasteiger partial charge in [0, 0.05) is 6.54 Å². The number of amides is 1. The van der Waals surface area contributed by atoms with Crippen molar-refractivity contribution >= 4 is 6.09 Å². The summed E-state index contributed by atoms with van der Waals surface area (Å²) in [6.45, 7) is 6.42. The van der Waals surface area contributed by atoms with E-state index in [9.17, 15) is 4.79 Å². The maximum atomic E-state index is 10.9. The van der Waals surface area contributed by atoms with Gasteiger partial charge in [-0.25, -0.2) is 4.79 Å². The molecule has 0 spiro atoms. The molecule has 0 rings (SSSR count). The Morgan fingerprint density at radius 2 is 2.08 bits per heavy atom. The zero-order chi connectivity index (χ0) is 9.94. The molecule has 0 saturated heterocycles. The van der Waals surface area contributed by atoms with Crippen LogP contribution in [0.25, 0.3) is 0 Å². The van der Waals surface area contributed by atoms with E-state index >= 15 is 0 Å². The summed E-state index contributed by atoms with van der Waals surface area (Å²) in [5.74, 6) is 0. The topological polar surface area (TPSA) is 38.3 Å². The van der Waals surface area contributed by atoms with Crippen molar-refractivity contribution in [1.82, 2.24) is 5.32 Å². The first-order valence-electron chi connectivity index (χ1n) is 5.07. The number of rotatable bonds is 7. The summed E-state index contributed by atoms with van der Waals surface area (Å²) in [7, 11) is 0. The minimum atomic E-state index is -0.335. The molecule has 0 aliphatic heterocycles. The van der Waals surface area contributed by atoms with E-state index in [-0.39, 0.29) is 6.09 Å². The first-order chi connectivity index (χ1) is 6.31. The zero-order valence-corrected chi connectivity index (χ0v) is 8.64. The van der Waals surface area contributed by atoms with Crippen LogP contribution in [0, 0.1) is 6.61 Å². The Balaban J connectivity index is 3.08. The summed E-state index contributed by atoms with van der Waals surface area (Å²) in [5, 5.41) is 2.63. The van der Waals surface area contributed by atoms with Crippen molar-refractivity contribution in [2.24, 2.45) is 0 Å². The van der Waals surface area contributed by atoms with Gasteiger partial charge in [0.1, 0.15) is 6.61 Å². The third kappa shape index (κ3) is 9.18. The Morgan fingerprint density at radius 1 is 1.31 bits per heavy atom. The number of carbonyl (C=O) groups excluding carboxylic acids is 1. The van der Waals surface area contributed by atoms with Crippen molar-refractivity contribution in [3.8, 4) is 0 Å². The highest BCUT2D eigenvalue weighted by Crippen LogP contribution is 2.01. The van der Waals surface area contributed by atoms with Gasteiger partial charge in [-0.15, -0.1) is 0 Å². The van der Waals surface area contributed by atoms with Crippen LogP contribution in [-0.4, -0.2) is 12.6 Å². The highest BCUT2D eigenvalue weighted by atomic mass is 16.5. The first-order valence-corrected chi connectivity index (χ1v) is 5.07. The second-order valence-corrected chi connectivity index (χ2v) is 2.99. The molecule has 1 amide bonds. The lowest BCUT2D eigenvalue weighted by atomic mass is 10.2. The third-order valence-corrected chi connectivity index (χ3v) is 1.64. The Bertz CT molecular complexity index is 126. The predicted octanol–water partition coefficient (Wildman–Crippen LogP) is 2.86. The van der Waals surface area contributed by atoms with Crippen LogP contribution in [0.3, 0.4) is 0 Å². The predicted molar refractivity (Wildman–Crippen MR) is 53.2 cm³/mol. The zero-order valence-electron chi connectivity index (χ0n) is 8.64. The molecule has 0 atom stereocenters. The lowest BCUT2D eigenvalue weighted by Gasteiger charge is -2.04. The fourth-order valence-corrected chi connectivity index (χ4v) is 0.881. The van der Waals surface area contributed by atoms with E-state index in [2.05, 4.69) is 12.2 Å². The number of unbranched alkanes of at least 4 members (excludes halogenated alkanes) is 3. The van der Waals surface area contributed by atoms with Crippen molar-refractivity contribution in [3.05, 3.63) is 6.61 Å². The van der Waals surface area contributed by atoms with E-state index in [1.165, 1.54) is 12.8 Å². The van der Waals surface area contributed by atoms with Crippen molar-refractivity contribution in [3.63, 3.8) is 0 Å². The van der Waals surface area contributed by atoms with Gasteiger partial charge in [-0.3, -0.25) is 0 Å². The van der Waals surface area contributed by atoms with Gasteiger partial charge in [-0.1, -0.05) is 26.7 Å². The second kappa shape index (κ2) is 9.36. The molecule has 13 heavy (non-hydrogen) atoms. The van der Waals surface area contributed by atoms with Gasteiger partial charge in [0.2, 0.25) is 0 Å². The molecule has 1 radical (unpaired) electrons. The molecule has 0 bridgehead atoms. The molecule has 0 unspecified atom stereocenters. The standard InChI is InChI=1S/C10H20NO2/c1-3-5-6-7-9-13-10(12)11-8-4-2/h9H,3-8H2,1-2H3,(H,11,12). The molecule has 0 aromatic rings. The highest BCUT2D eigenvalue weighted by Gasteiger charge is 1.99. The van der Waals surface area contributed by atoms with Crippen LogP contribution in [-0.2, 0) is 4.74 Å². The van der Waals surface area contributed by atoms with Crippen LogP contribution in [0.1, 0.15) is 46.0 Å². The highest BCUT2D eigenvalue weighted by molar-refractivity contribution is 5.67. The molecule has 0 aromatic carbocycles. The molecule has 1 N–H and O–H groups in total. The summed E-state index contributed by atoms with van der Waals surface area (Å²) < 4.78 is 4.82. The van der Waals surface area contributed by atoms with Crippen LogP contribution < -0.4 is 5.32 Å². The summed E-state index contributed by atoms with van der Waals surface area (Å²) in [4.78, 5) is 10.9. The number of alkyl carbamates (subject to hydrolysis) is 1. The Labute approximate surface area is 80.8 Å². The fourth-order valence-electron chi connectivity index (χ4n) is 0.881.